The average Bonchev–Trinajstić information content (AvgIpc) is 2.66. The number of non-ortho nitro benzene ring substituents is 1. The molecule has 1 aromatic heterocycles. The van der Waals surface area contributed by atoms with Crippen LogP contribution in [0.1, 0.15) is 10.4 Å². The molecule has 1 N–H and O–H groups in total. The number of amides is 1. The average molecular weight is 352 g/mol. The van der Waals surface area contributed by atoms with E-state index in [9.17, 15) is 19.7 Å². The normalized spacial score (nSPS) is 10.3. The predicted octanol–water partition coefficient (Wildman–Crippen LogP) is 2.33. The van der Waals surface area contributed by atoms with Crippen molar-refractivity contribution >= 4 is 34.3 Å². The first-order chi connectivity index (χ1) is 12.5. The molecule has 0 saturated carbocycles. The van der Waals surface area contributed by atoms with Crippen molar-refractivity contribution in [3.05, 3.63) is 70.5 Å². The molecule has 0 saturated heterocycles. The third-order valence-corrected chi connectivity index (χ3v) is 3.40. The lowest BCUT2D eigenvalue weighted by Gasteiger charge is -2.07. The molecule has 3 rings (SSSR count). The van der Waals surface area contributed by atoms with Crippen molar-refractivity contribution in [2.24, 2.45) is 0 Å². The molecule has 0 aliphatic rings. The number of aromatic nitrogens is 2. The maximum Gasteiger partial charge on any atom is 0.338 e. The summed E-state index contributed by atoms with van der Waals surface area (Å²) in [6.07, 6.45) is 3.05. The molecule has 9 nitrogen and oxygen atoms in total. The number of benzene rings is 2. The molecule has 2 aromatic carbocycles. The molecule has 0 aliphatic carbocycles. The first-order valence-electron chi connectivity index (χ1n) is 7.45. The molecule has 0 fully saturated rings. The van der Waals surface area contributed by atoms with Crippen LogP contribution < -0.4 is 5.32 Å². The third-order valence-electron chi connectivity index (χ3n) is 3.40. The minimum absolute atomic E-state index is 0.0890. The van der Waals surface area contributed by atoms with Crippen molar-refractivity contribution < 1.29 is 19.2 Å². The summed E-state index contributed by atoms with van der Waals surface area (Å²) in [7, 11) is 0. The highest BCUT2D eigenvalue weighted by molar-refractivity contribution is 5.97. The maximum atomic E-state index is 12.0. The van der Waals surface area contributed by atoms with Crippen LogP contribution in [-0.4, -0.2) is 33.4 Å². The number of ether oxygens (including phenoxy) is 1. The summed E-state index contributed by atoms with van der Waals surface area (Å²) in [6, 6.07) is 10.00. The zero-order valence-electron chi connectivity index (χ0n) is 13.3. The maximum absolute atomic E-state index is 12.0. The molecule has 0 spiro atoms. The number of carbonyl (C=O) groups is 2. The van der Waals surface area contributed by atoms with Gasteiger partial charge < -0.3 is 10.1 Å². The lowest BCUT2D eigenvalue weighted by molar-refractivity contribution is -0.384. The van der Waals surface area contributed by atoms with Gasteiger partial charge >= 0.3 is 5.97 Å². The van der Waals surface area contributed by atoms with Crippen LogP contribution in [0.4, 0.5) is 11.4 Å². The molecule has 9 heteroatoms. The van der Waals surface area contributed by atoms with Crippen LogP contribution in [-0.2, 0) is 9.53 Å². The number of nitro benzene ring substituents is 1. The van der Waals surface area contributed by atoms with E-state index in [2.05, 4.69) is 15.3 Å². The quantitative estimate of drug-likeness (QED) is 0.424. The van der Waals surface area contributed by atoms with Gasteiger partial charge in [-0.25, -0.2) is 4.79 Å². The van der Waals surface area contributed by atoms with E-state index >= 15 is 0 Å². The molecule has 1 heterocycles. The summed E-state index contributed by atoms with van der Waals surface area (Å²) in [5.41, 5.74) is 1.70. The highest BCUT2D eigenvalue weighted by Gasteiger charge is 2.12. The SMILES string of the molecule is O=C(COC(=O)c1ccc2nccnc2c1)Nc1ccc([N+](=O)[O-])cc1. The predicted molar refractivity (Wildman–Crippen MR) is 91.5 cm³/mol. The zero-order chi connectivity index (χ0) is 18.5. The number of fused-ring (bicyclic) bond motifs is 1. The van der Waals surface area contributed by atoms with Crippen LogP contribution in [0.5, 0.6) is 0 Å². The Balaban J connectivity index is 1.57. The van der Waals surface area contributed by atoms with Crippen molar-refractivity contribution in [3.63, 3.8) is 0 Å². The van der Waals surface area contributed by atoms with Gasteiger partial charge in [-0.2, -0.15) is 0 Å². The Labute approximate surface area is 146 Å². The number of nitrogens with zero attached hydrogens (tertiary/aromatic N) is 3. The fourth-order valence-corrected chi connectivity index (χ4v) is 2.17. The molecule has 130 valence electrons. The van der Waals surface area contributed by atoms with E-state index in [0.29, 0.717) is 16.7 Å². The van der Waals surface area contributed by atoms with Gasteiger partial charge in [-0.1, -0.05) is 0 Å². The summed E-state index contributed by atoms with van der Waals surface area (Å²) in [4.78, 5) is 42.1. The van der Waals surface area contributed by atoms with Gasteiger partial charge in [0, 0.05) is 30.2 Å². The van der Waals surface area contributed by atoms with Crippen LogP contribution in [0, 0.1) is 10.1 Å². The van der Waals surface area contributed by atoms with Crippen molar-refractivity contribution in [3.8, 4) is 0 Å². The summed E-state index contributed by atoms with van der Waals surface area (Å²) >= 11 is 0. The van der Waals surface area contributed by atoms with Gasteiger partial charge in [0.15, 0.2) is 6.61 Å². The van der Waals surface area contributed by atoms with E-state index in [0.717, 1.165) is 0 Å². The standard InChI is InChI=1S/C17H12N4O5/c22-16(20-12-2-4-13(5-3-12)21(24)25)10-26-17(23)11-1-6-14-15(9-11)19-8-7-18-14/h1-9H,10H2,(H,20,22). The van der Waals surface area contributed by atoms with Crippen molar-refractivity contribution in [1.82, 2.24) is 9.97 Å². The largest absolute Gasteiger partial charge is 0.452 e. The van der Waals surface area contributed by atoms with E-state index in [-0.39, 0.29) is 11.3 Å². The number of hydrogen-bond donors (Lipinski definition) is 1. The van der Waals surface area contributed by atoms with Gasteiger partial charge in [0.1, 0.15) is 0 Å². The Morgan fingerprint density at radius 1 is 1.04 bits per heavy atom. The Bertz CT molecular complexity index is 988. The van der Waals surface area contributed by atoms with Crippen molar-refractivity contribution in [2.75, 3.05) is 11.9 Å². The second-order valence-electron chi connectivity index (χ2n) is 5.19. The Hall–Kier alpha value is -3.88. The van der Waals surface area contributed by atoms with Crippen molar-refractivity contribution in [1.29, 1.82) is 0 Å². The lowest BCUT2D eigenvalue weighted by Crippen LogP contribution is -2.20. The van der Waals surface area contributed by atoms with Crippen LogP contribution in [0.3, 0.4) is 0 Å². The van der Waals surface area contributed by atoms with Gasteiger partial charge in [-0.05, 0) is 30.3 Å². The van der Waals surface area contributed by atoms with Gasteiger partial charge in [-0.15, -0.1) is 0 Å². The number of anilines is 1. The number of nitrogens with one attached hydrogen (secondary N) is 1. The molecule has 0 aliphatic heterocycles. The fourth-order valence-electron chi connectivity index (χ4n) is 2.17. The first-order valence-corrected chi connectivity index (χ1v) is 7.45. The number of nitro groups is 1. The molecule has 0 unspecified atom stereocenters. The van der Waals surface area contributed by atoms with Gasteiger partial charge in [-0.3, -0.25) is 24.9 Å². The van der Waals surface area contributed by atoms with Crippen LogP contribution in [0.15, 0.2) is 54.9 Å². The van der Waals surface area contributed by atoms with E-state index in [4.69, 9.17) is 4.74 Å². The second kappa shape index (κ2) is 7.34. The third kappa shape index (κ3) is 3.96. The van der Waals surface area contributed by atoms with E-state index in [1.165, 1.54) is 42.6 Å². The van der Waals surface area contributed by atoms with E-state index in [1.54, 1.807) is 12.3 Å². The first kappa shape index (κ1) is 17.0. The molecule has 0 atom stereocenters. The summed E-state index contributed by atoms with van der Waals surface area (Å²) in [5.74, 6) is -1.23. The fraction of sp³-hybridized carbons (Fsp3) is 0.0588. The molecule has 3 aromatic rings. The second-order valence-corrected chi connectivity index (χ2v) is 5.19. The molecular formula is C17H12N4O5. The summed E-state index contributed by atoms with van der Waals surface area (Å²) in [6.45, 7) is -0.492. The van der Waals surface area contributed by atoms with Crippen LogP contribution >= 0.6 is 0 Å². The zero-order valence-corrected chi connectivity index (χ0v) is 13.3. The Morgan fingerprint density at radius 2 is 1.73 bits per heavy atom. The van der Waals surface area contributed by atoms with Gasteiger partial charge in [0.05, 0.1) is 21.5 Å². The number of rotatable bonds is 5. The Kier molecular flexibility index (Phi) is 4.79. The van der Waals surface area contributed by atoms with Gasteiger partial charge in [0.25, 0.3) is 11.6 Å². The van der Waals surface area contributed by atoms with Crippen molar-refractivity contribution in [2.45, 2.75) is 0 Å². The number of hydrogen-bond acceptors (Lipinski definition) is 7. The Morgan fingerprint density at radius 3 is 2.42 bits per heavy atom. The molecule has 1 amide bonds. The molecular weight excluding hydrogens is 340 g/mol. The van der Waals surface area contributed by atoms with Gasteiger partial charge in [0.2, 0.25) is 0 Å². The molecule has 26 heavy (non-hydrogen) atoms. The number of carbonyl (C=O) groups excluding carboxylic acids is 2. The topological polar surface area (TPSA) is 124 Å². The van der Waals surface area contributed by atoms with Crippen LogP contribution in [0.25, 0.3) is 11.0 Å². The lowest BCUT2D eigenvalue weighted by atomic mass is 10.2. The summed E-state index contributed by atoms with van der Waals surface area (Å²) in [5, 5.41) is 13.1. The molecule has 0 bridgehead atoms. The minimum Gasteiger partial charge on any atom is -0.452 e. The minimum atomic E-state index is -0.670. The summed E-state index contributed by atoms with van der Waals surface area (Å²) < 4.78 is 4.97. The highest BCUT2D eigenvalue weighted by Crippen LogP contribution is 2.15. The highest BCUT2D eigenvalue weighted by atomic mass is 16.6. The van der Waals surface area contributed by atoms with E-state index < -0.39 is 23.4 Å². The molecule has 0 radical (unpaired) electrons. The number of esters is 1. The van der Waals surface area contributed by atoms with Crippen LogP contribution in [0.2, 0.25) is 0 Å². The van der Waals surface area contributed by atoms with E-state index in [1.807, 2.05) is 0 Å². The smallest absolute Gasteiger partial charge is 0.338 e. The monoisotopic (exact) mass is 352 g/mol.